The lowest BCUT2D eigenvalue weighted by atomic mass is 9.78. The predicted octanol–water partition coefficient (Wildman–Crippen LogP) is 2.46. The maximum atomic E-state index is 13.4. The van der Waals surface area contributed by atoms with Crippen LogP contribution in [0.2, 0.25) is 0 Å². The lowest BCUT2D eigenvalue weighted by Gasteiger charge is -2.47. The van der Waals surface area contributed by atoms with E-state index in [0.29, 0.717) is 38.1 Å². The molecule has 2 aliphatic rings. The van der Waals surface area contributed by atoms with E-state index in [4.69, 9.17) is 20.6 Å². The number of carbonyl (C=O) groups is 4. The van der Waals surface area contributed by atoms with Crippen molar-refractivity contribution in [1.29, 1.82) is 5.41 Å². The fourth-order valence-electron chi connectivity index (χ4n) is 5.21. The van der Waals surface area contributed by atoms with Gasteiger partial charge in [0.25, 0.3) is 0 Å². The third kappa shape index (κ3) is 8.69. The van der Waals surface area contributed by atoms with Crippen molar-refractivity contribution in [3.63, 3.8) is 0 Å². The van der Waals surface area contributed by atoms with E-state index in [-0.39, 0.29) is 49.6 Å². The zero-order chi connectivity index (χ0) is 31.2. The van der Waals surface area contributed by atoms with Crippen LogP contribution < -0.4 is 21.1 Å². The highest BCUT2D eigenvalue weighted by molar-refractivity contribution is 7.10. The minimum atomic E-state index is -0.753. The van der Waals surface area contributed by atoms with Crippen LogP contribution in [-0.2, 0) is 25.7 Å². The molecule has 1 aromatic carbocycles. The molecule has 1 aromatic heterocycles. The van der Waals surface area contributed by atoms with E-state index >= 15 is 0 Å². The Balaban J connectivity index is 1.32. The molecule has 12 nitrogen and oxygen atoms in total. The maximum Gasteiger partial charge on any atom is 0.410 e. The Kier molecular flexibility index (Phi) is 9.95. The highest BCUT2D eigenvalue weighted by Gasteiger charge is 2.56. The Labute approximate surface area is 255 Å². The second-order valence-corrected chi connectivity index (χ2v) is 13.0. The van der Waals surface area contributed by atoms with Crippen molar-refractivity contribution < 1.29 is 28.7 Å². The van der Waals surface area contributed by atoms with Gasteiger partial charge >= 0.3 is 6.09 Å². The number of rotatable bonds is 11. The zero-order valence-electron chi connectivity index (χ0n) is 24.8. The summed E-state index contributed by atoms with van der Waals surface area (Å²) in [6, 6.07) is 10.3. The van der Waals surface area contributed by atoms with Gasteiger partial charge < -0.3 is 35.6 Å². The van der Waals surface area contributed by atoms with Crippen LogP contribution in [0.4, 0.5) is 4.79 Å². The molecule has 4 rings (SSSR count). The summed E-state index contributed by atoms with van der Waals surface area (Å²) in [7, 11) is 0. The number of hydrogen-bond acceptors (Lipinski definition) is 8. The van der Waals surface area contributed by atoms with Gasteiger partial charge in [0.05, 0.1) is 19.7 Å². The van der Waals surface area contributed by atoms with Gasteiger partial charge in [-0.1, -0.05) is 18.2 Å². The number of nitrogens with one attached hydrogen (secondary N) is 3. The molecule has 5 N–H and O–H groups in total. The molecule has 2 aliphatic heterocycles. The fraction of sp³-hybridized carbons (Fsp3) is 0.500. The number of hydrogen-bond donors (Lipinski definition) is 4. The molecule has 0 bridgehead atoms. The monoisotopic (exact) mass is 612 g/mol. The topological polar surface area (TPSA) is 167 Å². The second kappa shape index (κ2) is 13.4. The van der Waals surface area contributed by atoms with Crippen LogP contribution in [-0.4, -0.2) is 83.9 Å². The summed E-state index contributed by atoms with van der Waals surface area (Å²) in [5.41, 5.74) is 5.07. The van der Waals surface area contributed by atoms with E-state index in [1.54, 1.807) is 37.1 Å². The lowest BCUT2D eigenvalue weighted by molar-refractivity contribution is -0.139. The van der Waals surface area contributed by atoms with Crippen LogP contribution in [0, 0.1) is 10.8 Å². The third-order valence-electron chi connectivity index (χ3n) is 7.23. The minimum absolute atomic E-state index is 0.0476. The lowest BCUT2D eigenvalue weighted by Crippen LogP contribution is -2.60. The van der Waals surface area contributed by atoms with Crippen molar-refractivity contribution in [1.82, 2.24) is 20.4 Å². The first-order chi connectivity index (χ1) is 20.3. The van der Waals surface area contributed by atoms with E-state index in [1.165, 1.54) is 16.2 Å². The first kappa shape index (κ1) is 31.8. The normalized spacial score (nSPS) is 17.2. The molecule has 3 heterocycles. The number of likely N-dealkylation sites (tertiary alicyclic amines) is 2. The molecular weight excluding hydrogens is 572 g/mol. The number of nitrogens with zero attached hydrogens (tertiary/aromatic N) is 2. The number of amides is 4. The molecule has 0 aliphatic carbocycles. The van der Waals surface area contributed by atoms with Crippen molar-refractivity contribution in [2.45, 2.75) is 58.2 Å². The van der Waals surface area contributed by atoms with E-state index in [9.17, 15) is 19.2 Å². The molecule has 4 amide bonds. The van der Waals surface area contributed by atoms with Gasteiger partial charge in [-0.3, -0.25) is 19.8 Å². The molecule has 2 aromatic rings. The Morgan fingerprint density at radius 2 is 1.84 bits per heavy atom. The van der Waals surface area contributed by atoms with Gasteiger partial charge in [-0.05, 0) is 51.8 Å². The largest absolute Gasteiger partial charge is 0.494 e. The molecule has 0 unspecified atom stereocenters. The van der Waals surface area contributed by atoms with E-state index in [0.717, 1.165) is 10.6 Å². The van der Waals surface area contributed by atoms with E-state index < -0.39 is 23.2 Å². The van der Waals surface area contributed by atoms with E-state index in [2.05, 4.69) is 10.6 Å². The summed E-state index contributed by atoms with van der Waals surface area (Å²) in [4.78, 5) is 55.6. The number of amidine groups is 1. The number of thiophene rings is 1. The number of nitrogen functional groups attached to an aromatic ring is 1. The number of nitrogens with two attached hydrogens (primary N) is 1. The number of carbonyl (C=O) groups excluding carboxylic acids is 4. The van der Waals surface area contributed by atoms with Gasteiger partial charge in [-0.25, -0.2) is 4.79 Å². The minimum Gasteiger partial charge on any atom is -0.494 e. The van der Waals surface area contributed by atoms with Crippen LogP contribution in [0.1, 0.15) is 50.5 Å². The van der Waals surface area contributed by atoms with Crippen molar-refractivity contribution in [3.05, 3.63) is 52.2 Å². The quantitative estimate of drug-likeness (QED) is 0.172. The molecule has 2 fully saturated rings. The highest BCUT2D eigenvalue weighted by Crippen LogP contribution is 2.43. The van der Waals surface area contributed by atoms with Crippen molar-refractivity contribution in [2.75, 3.05) is 32.8 Å². The van der Waals surface area contributed by atoms with Crippen molar-refractivity contribution in [3.8, 4) is 5.75 Å². The van der Waals surface area contributed by atoms with Crippen LogP contribution >= 0.6 is 11.3 Å². The SMILES string of the molecule is CC(C)(C)OC(=O)N1CC2(C[C@@H](C(=O)NCc3cc(C(=N)N)cs3)N(C(=O)CNC(=O)CCCOc3ccccc3)C2)C1. The smallest absolute Gasteiger partial charge is 0.410 e. The summed E-state index contributed by atoms with van der Waals surface area (Å²) in [5, 5.41) is 14.9. The first-order valence-corrected chi connectivity index (χ1v) is 15.1. The van der Waals surface area contributed by atoms with Gasteiger partial charge in [0.15, 0.2) is 0 Å². The van der Waals surface area contributed by atoms with Crippen LogP contribution in [0.5, 0.6) is 5.75 Å². The number of ether oxygens (including phenoxy) is 2. The van der Waals surface area contributed by atoms with Crippen LogP contribution in [0.3, 0.4) is 0 Å². The molecule has 1 spiro atoms. The summed E-state index contributed by atoms with van der Waals surface area (Å²) in [6.45, 7) is 6.80. The van der Waals surface area contributed by atoms with Crippen molar-refractivity contribution >= 4 is 41.0 Å². The summed E-state index contributed by atoms with van der Waals surface area (Å²) >= 11 is 1.38. The Bertz CT molecular complexity index is 1330. The number of para-hydroxylation sites is 1. The standard InChI is InChI=1S/C30H40N6O6S/c1-29(2,3)42-28(40)35-17-30(18-35)13-23(27(39)34-14-22-12-20(16-43-22)26(31)32)36(19-30)25(38)15-33-24(37)10-7-11-41-21-8-5-4-6-9-21/h4-6,8-9,12,16,23H,7,10-11,13-15,17-19H2,1-3H3,(H3,31,32)(H,33,37)(H,34,39)/t23-/m0/s1. The summed E-state index contributed by atoms with van der Waals surface area (Å²) < 4.78 is 11.1. The zero-order valence-corrected chi connectivity index (χ0v) is 25.6. The Hall–Kier alpha value is -4.13. The van der Waals surface area contributed by atoms with Gasteiger partial charge in [0, 0.05) is 47.3 Å². The van der Waals surface area contributed by atoms with Crippen molar-refractivity contribution in [2.24, 2.45) is 11.1 Å². The van der Waals surface area contributed by atoms with Gasteiger partial charge in [-0.15, -0.1) is 11.3 Å². The maximum absolute atomic E-state index is 13.4. The van der Waals surface area contributed by atoms with Crippen LogP contribution in [0.25, 0.3) is 0 Å². The highest BCUT2D eigenvalue weighted by atomic mass is 32.1. The summed E-state index contributed by atoms with van der Waals surface area (Å²) in [5.74, 6) is -0.281. The molecule has 13 heteroatoms. The molecule has 43 heavy (non-hydrogen) atoms. The van der Waals surface area contributed by atoms with Gasteiger partial charge in [0.1, 0.15) is 23.2 Å². The van der Waals surface area contributed by atoms with Crippen LogP contribution in [0.15, 0.2) is 41.8 Å². The molecule has 0 radical (unpaired) electrons. The average molecular weight is 613 g/mol. The molecule has 2 saturated heterocycles. The molecule has 1 atom stereocenters. The fourth-order valence-corrected chi connectivity index (χ4v) is 6.03. The molecule has 232 valence electrons. The van der Waals surface area contributed by atoms with Gasteiger partial charge in [-0.2, -0.15) is 0 Å². The third-order valence-corrected chi connectivity index (χ3v) is 8.17. The second-order valence-electron chi connectivity index (χ2n) is 12.1. The summed E-state index contributed by atoms with van der Waals surface area (Å²) in [6.07, 6.45) is 0.646. The molecule has 0 saturated carbocycles. The Morgan fingerprint density at radius 1 is 1.12 bits per heavy atom. The molecular formula is C30H40N6O6S. The number of benzene rings is 1. The van der Waals surface area contributed by atoms with E-state index in [1.807, 2.05) is 30.3 Å². The Morgan fingerprint density at radius 3 is 2.49 bits per heavy atom. The average Bonchev–Trinajstić information content (AvgIpc) is 3.58. The van der Waals surface area contributed by atoms with Gasteiger partial charge in [0.2, 0.25) is 17.7 Å². The predicted molar refractivity (Wildman–Crippen MR) is 162 cm³/mol. The first-order valence-electron chi connectivity index (χ1n) is 14.3.